The molecule has 0 spiro atoms. The zero-order valence-corrected chi connectivity index (χ0v) is 12.1. The van der Waals surface area contributed by atoms with Gasteiger partial charge in [-0.1, -0.05) is 19.1 Å². The van der Waals surface area contributed by atoms with Gasteiger partial charge in [-0.2, -0.15) is 0 Å². The van der Waals surface area contributed by atoms with Crippen molar-refractivity contribution in [3.8, 4) is 0 Å². The first-order valence-corrected chi connectivity index (χ1v) is 8.03. The zero-order valence-electron chi connectivity index (χ0n) is 11.3. The van der Waals surface area contributed by atoms with Crippen LogP contribution in [0.1, 0.15) is 31.4 Å². The number of nitrogens with one attached hydrogen (secondary N) is 1. The maximum absolute atomic E-state index is 10.8. The molecule has 0 bridgehead atoms. The molecular formula is C12H19N3O4S. The number of rotatable bonds is 8. The van der Waals surface area contributed by atoms with E-state index in [4.69, 9.17) is 5.14 Å². The van der Waals surface area contributed by atoms with Gasteiger partial charge in [0.1, 0.15) is 0 Å². The van der Waals surface area contributed by atoms with Crippen molar-refractivity contribution in [2.45, 2.75) is 25.8 Å². The molecule has 1 unspecified atom stereocenters. The Balaban J connectivity index is 2.62. The molecule has 0 fully saturated rings. The van der Waals surface area contributed by atoms with E-state index >= 15 is 0 Å². The van der Waals surface area contributed by atoms with Crippen molar-refractivity contribution < 1.29 is 13.3 Å². The summed E-state index contributed by atoms with van der Waals surface area (Å²) in [4.78, 5) is 10.3. The molecule has 1 rings (SSSR count). The van der Waals surface area contributed by atoms with Crippen molar-refractivity contribution >= 4 is 15.7 Å². The number of nitro benzene ring substituents is 1. The fraction of sp³-hybridized carbons (Fsp3) is 0.500. The summed E-state index contributed by atoms with van der Waals surface area (Å²) in [6, 6.07) is 6.38. The standard InChI is InChI=1S/C12H19N3O4S/c1-2-12(14-7-4-8-20(13,18)19)10-5-3-6-11(9-10)15(16)17/h3,5-6,9,12,14H,2,4,7-8H2,1H3,(H2,13,18,19). The second kappa shape index (κ2) is 7.32. The average Bonchev–Trinajstić information content (AvgIpc) is 2.37. The smallest absolute Gasteiger partial charge is 0.269 e. The molecule has 0 aliphatic carbocycles. The van der Waals surface area contributed by atoms with Crippen LogP contribution >= 0.6 is 0 Å². The number of nitrogens with two attached hydrogens (primary N) is 1. The van der Waals surface area contributed by atoms with E-state index in [0.29, 0.717) is 13.0 Å². The second-order valence-electron chi connectivity index (χ2n) is 4.49. The quantitative estimate of drug-likeness (QED) is 0.427. The highest BCUT2D eigenvalue weighted by molar-refractivity contribution is 7.89. The molecule has 1 aromatic carbocycles. The molecule has 1 aromatic rings. The van der Waals surface area contributed by atoms with Crippen LogP contribution in [0.5, 0.6) is 0 Å². The van der Waals surface area contributed by atoms with Crippen molar-refractivity contribution in [3.63, 3.8) is 0 Å². The molecule has 0 radical (unpaired) electrons. The van der Waals surface area contributed by atoms with Crippen LogP contribution in [0.3, 0.4) is 0 Å². The Labute approximate surface area is 118 Å². The summed E-state index contributed by atoms with van der Waals surface area (Å²) in [7, 11) is -3.44. The van der Waals surface area contributed by atoms with E-state index in [2.05, 4.69) is 5.32 Å². The Kier molecular flexibility index (Phi) is 6.05. The lowest BCUT2D eigenvalue weighted by Crippen LogP contribution is -2.25. The highest BCUT2D eigenvalue weighted by Crippen LogP contribution is 2.21. The fourth-order valence-electron chi connectivity index (χ4n) is 1.90. The first kappa shape index (κ1) is 16.5. The number of sulfonamides is 1. The summed E-state index contributed by atoms with van der Waals surface area (Å²) in [5, 5.41) is 18.8. The van der Waals surface area contributed by atoms with Gasteiger partial charge in [0.2, 0.25) is 10.0 Å². The summed E-state index contributed by atoms with van der Waals surface area (Å²) < 4.78 is 21.6. The van der Waals surface area contributed by atoms with Gasteiger partial charge in [-0.05, 0) is 24.9 Å². The van der Waals surface area contributed by atoms with Gasteiger partial charge in [0.05, 0.1) is 10.7 Å². The molecule has 1 atom stereocenters. The number of non-ortho nitro benzene ring substituents is 1. The molecule has 0 heterocycles. The predicted octanol–water partition coefficient (Wildman–Crippen LogP) is 1.31. The van der Waals surface area contributed by atoms with Gasteiger partial charge in [-0.15, -0.1) is 0 Å². The Hall–Kier alpha value is -1.51. The van der Waals surface area contributed by atoms with Crippen molar-refractivity contribution in [3.05, 3.63) is 39.9 Å². The molecule has 0 amide bonds. The number of hydrogen-bond acceptors (Lipinski definition) is 5. The maximum atomic E-state index is 10.8. The van der Waals surface area contributed by atoms with E-state index in [1.807, 2.05) is 13.0 Å². The summed E-state index contributed by atoms with van der Waals surface area (Å²) in [6.45, 7) is 2.44. The molecule has 0 aliphatic rings. The minimum absolute atomic E-state index is 0.0459. The average molecular weight is 301 g/mol. The van der Waals surface area contributed by atoms with Crippen molar-refractivity contribution in [1.82, 2.24) is 5.32 Å². The minimum Gasteiger partial charge on any atom is -0.310 e. The van der Waals surface area contributed by atoms with E-state index in [1.54, 1.807) is 6.07 Å². The Morgan fingerprint density at radius 2 is 2.15 bits per heavy atom. The predicted molar refractivity (Wildman–Crippen MR) is 76.7 cm³/mol. The number of nitro groups is 1. The lowest BCUT2D eigenvalue weighted by atomic mass is 10.0. The lowest BCUT2D eigenvalue weighted by molar-refractivity contribution is -0.384. The Morgan fingerprint density at radius 3 is 2.70 bits per heavy atom. The van der Waals surface area contributed by atoms with Gasteiger partial charge in [-0.25, -0.2) is 13.6 Å². The lowest BCUT2D eigenvalue weighted by Gasteiger charge is -2.17. The van der Waals surface area contributed by atoms with Gasteiger partial charge >= 0.3 is 0 Å². The summed E-state index contributed by atoms with van der Waals surface area (Å²) in [6.07, 6.45) is 1.15. The largest absolute Gasteiger partial charge is 0.310 e. The molecule has 0 aromatic heterocycles. The number of nitrogens with zero attached hydrogens (tertiary/aromatic N) is 1. The van der Waals surface area contributed by atoms with Gasteiger partial charge in [0.25, 0.3) is 5.69 Å². The second-order valence-corrected chi connectivity index (χ2v) is 6.22. The molecule has 3 N–H and O–H groups in total. The molecule has 112 valence electrons. The van der Waals surface area contributed by atoms with Crippen molar-refractivity contribution in [1.29, 1.82) is 0 Å². The first-order valence-electron chi connectivity index (χ1n) is 6.31. The van der Waals surface area contributed by atoms with Gasteiger partial charge in [0.15, 0.2) is 0 Å². The fourth-order valence-corrected chi connectivity index (χ4v) is 2.45. The Morgan fingerprint density at radius 1 is 1.45 bits per heavy atom. The molecule has 7 nitrogen and oxygen atoms in total. The number of primary sulfonamides is 1. The van der Waals surface area contributed by atoms with E-state index < -0.39 is 14.9 Å². The van der Waals surface area contributed by atoms with Crippen molar-refractivity contribution in [2.75, 3.05) is 12.3 Å². The molecular weight excluding hydrogens is 282 g/mol. The Bertz CT molecular complexity index is 560. The van der Waals surface area contributed by atoms with Gasteiger partial charge in [-0.3, -0.25) is 10.1 Å². The first-order chi connectivity index (χ1) is 9.33. The van der Waals surface area contributed by atoms with E-state index in [-0.39, 0.29) is 17.5 Å². The van der Waals surface area contributed by atoms with Crippen LogP contribution in [0.2, 0.25) is 0 Å². The summed E-state index contributed by atoms with van der Waals surface area (Å²) >= 11 is 0. The molecule has 0 aliphatic heterocycles. The number of benzene rings is 1. The monoisotopic (exact) mass is 301 g/mol. The van der Waals surface area contributed by atoms with Crippen LogP contribution in [0.25, 0.3) is 0 Å². The van der Waals surface area contributed by atoms with E-state index in [9.17, 15) is 18.5 Å². The van der Waals surface area contributed by atoms with E-state index in [1.165, 1.54) is 12.1 Å². The van der Waals surface area contributed by atoms with Gasteiger partial charge < -0.3 is 5.32 Å². The van der Waals surface area contributed by atoms with Crippen LogP contribution in [0, 0.1) is 10.1 Å². The zero-order chi connectivity index (χ0) is 15.2. The minimum atomic E-state index is -3.44. The van der Waals surface area contributed by atoms with Crippen LogP contribution in [0.4, 0.5) is 5.69 Å². The highest BCUT2D eigenvalue weighted by Gasteiger charge is 2.13. The molecule has 20 heavy (non-hydrogen) atoms. The third-order valence-electron chi connectivity index (χ3n) is 2.89. The van der Waals surface area contributed by atoms with Gasteiger partial charge in [0, 0.05) is 18.2 Å². The van der Waals surface area contributed by atoms with E-state index in [0.717, 1.165) is 12.0 Å². The van der Waals surface area contributed by atoms with Crippen LogP contribution < -0.4 is 10.5 Å². The topological polar surface area (TPSA) is 115 Å². The summed E-state index contributed by atoms with van der Waals surface area (Å²) in [5.74, 6) is -0.0780. The normalized spacial score (nSPS) is 13.1. The molecule has 0 saturated carbocycles. The molecule has 0 saturated heterocycles. The SMILES string of the molecule is CCC(NCCCS(N)(=O)=O)c1cccc([N+](=O)[O-])c1. The third-order valence-corrected chi connectivity index (χ3v) is 3.75. The van der Waals surface area contributed by atoms with Crippen LogP contribution in [-0.2, 0) is 10.0 Å². The third kappa shape index (κ3) is 5.64. The van der Waals surface area contributed by atoms with Crippen LogP contribution in [0.15, 0.2) is 24.3 Å². The number of hydrogen-bond donors (Lipinski definition) is 2. The maximum Gasteiger partial charge on any atom is 0.269 e. The van der Waals surface area contributed by atoms with Crippen molar-refractivity contribution in [2.24, 2.45) is 5.14 Å². The van der Waals surface area contributed by atoms with Crippen LogP contribution in [-0.4, -0.2) is 25.6 Å². The summed E-state index contributed by atoms with van der Waals surface area (Å²) in [5.41, 5.74) is 0.865. The highest BCUT2D eigenvalue weighted by atomic mass is 32.2. The molecule has 8 heteroatoms.